The summed E-state index contributed by atoms with van der Waals surface area (Å²) in [5.74, 6) is 1.67. The molecular weight excluding hydrogens is 242 g/mol. The number of nitrogens with zero attached hydrogens (tertiary/aromatic N) is 1. The number of rotatable bonds is 10. The largest absolute Gasteiger partial charge is 0.300 e. The van der Waals surface area contributed by atoms with Gasteiger partial charge in [0.25, 0.3) is 0 Å². The summed E-state index contributed by atoms with van der Waals surface area (Å²) in [5, 5.41) is 0. The van der Waals surface area contributed by atoms with E-state index >= 15 is 0 Å². The Morgan fingerprint density at radius 2 is 1.67 bits per heavy atom. The van der Waals surface area contributed by atoms with Crippen molar-refractivity contribution in [1.82, 2.24) is 4.90 Å². The summed E-state index contributed by atoms with van der Waals surface area (Å²) in [6.07, 6.45) is 12.4. The van der Waals surface area contributed by atoms with Gasteiger partial charge in [0.1, 0.15) is 0 Å². The number of hydrogen-bond donors (Lipinski definition) is 0. The third-order valence-corrected chi connectivity index (χ3v) is 4.43. The third-order valence-electron chi connectivity index (χ3n) is 4.16. The first kappa shape index (κ1) is 16.3. The van der Waals surface area contributed by atoms with E-state index in [1.807, 2.05) is 0 Å². The minimum atomic E-state index is 0.833. The van der Waals surface area contributed by atoms with Crippen molar-refractivity contribution in [1.29, 1.82) is 0 Å². The first-order chi connectivity index (χ1) is 8.74. The minimum absolute atomic E-state index is 0.833. The molecule has 1 aliphatic carbocycles. The highest BCUT2D eigenvalue weighted by molar-refractivity contribution is 6.17. The molecule has 0 N–H and O–H groups in total. The summed E-state index contributed by atoms with van der Waals surface area (Å²) in [7, 11) is 0. The molecule has 1 nitrogen and oxygen atoms in total. The van der Waals surface area contributed by atoms with Crippen molar-refractivity contribution >= 4 is 11.6 Å². The van der Waals surface area contributed by atoms with Gasteiger partial charge in [0, 0.05) is 11.9 Å². The zero-order chi connectivity index (χ0) is 13.2. The molecule has 1 saturated carbocycles. The molecule has 0 aromatic carbocycles. The Morgan fingerprint density at radius 1 is 1.00 bits per heavy atom. The van der Waals surface area contributed by atoms with E-state index in [-0.39, 0.29) is 0 Å². The number of hydrogen-bond acceptors (Lipinski definition) is 1. The Kier molecular flexibility index (Phi) is 9.14. The van der Waals surface area contributed by atoms with Crippen LogP contribution in [0.2, 0.25) is 0 Å². The van der Waals surface area contributed by atoms with Gasteiger partial charge in [0.15, 0.2) is 0 Å². The van der Waals surface area contributed by atoms with E-state index in [1.165, 1.54) is 70.9 Å². The zero-order valence-corrected chi connectivity index (χ0v) is 13.2. The molecule has 1 fully saturated rings. The summed E-state index contributed by atoms with van der Waals surface area (Å²) >= 11 is 5.72. The predicted molar refractivity (Wildman–Crippen MR) is 82.5 cm³/mol. The van der Waals surface area contributed by atoms with Gasteiger partial charge in [-0.1, -0.05) is 39.5 Å². The predicted octanol–water partition coefficient (Wildman–Crippen LogP) is 5.08. The monoisotopic (exact) mass is 273 g/mol. The molecular formula is C16H32ClN. The Bertz CT molecular complexity index is 188. The van der Waals surface area contributed by atoms with Gasteiger partial charge < -0.3 is 4.90 Å². The second kappa shape index (κ2) is 10.1. The molecule has 0 saturated heterocycles. The van der Waals surface area contributed by atoms with Crippen LogP contribution in [0.1, 0.15) is 71.6 Å². The van der Waals surface area contributed by atoms with Crippen LogP contribution in [0, 0.1) is 5.92 Å². The van der Waals surface area contributed by atoms with Crippen molar-refractivity contribution < 1.29 is 0 Å². The highest BCUT2D eigenvalue weighted by atomic mass is 35.5. The van der Waals surface area contributed by atoms with E-state index < -0.39 is 0 Å². The average Bonchev–Trinajstić information content (AvgIpc) is 2.86. The molecule has 0 unspecified atom stereocenters. The Morgan fingerprint density at radius 3 is 2.28 bits per heavy atom. The van der Waals surface area contributed by atoms with Crippen molar-refractivity contribution in [3.05, 3.63) is 0 Å². The fourth-order valence-corrected chi connectivity index (χ4v) is 3.12. The van der Waals surface area contributed by atoms with Gasteiger partial charge in [-0.3, -0.25) is 0 Å². The molecule has 0 bridgehead atoms. The van der Waals surface area contributed by atoms with E-state index in [4.69, 9.17) is 11.6 Å². The lowest BCUT2D eigenvalue weighted by Crippen LogP contribution is -2.35. The molecule has 0 spiro atoms. The van der Waals surface area contributed by atoms with Crippen LogP contribution in [0.15, 0.2) is 0 Å². The van der Waals surface area contributed by atoms with Crippen LogP contribution in [-0.2, 0) is 0 Å². The van der Waals surface area contributed by atoms with Gasteiger partial charge in [-0.2, -0.15) is 0 Å². The van der Waals surface area contributed by atoms with Crippen LogP contribution in [0.4, 0.5) is 0 Å². The quantitative estimate of drug-likeness (QED) is 0.396. The molecule has 18 heavy (non-hydrogen) atoms. The van der Waals surface area contributed by atoms with E-state index in [0.717, 1.165) is 17.8 Å². The van der Waals surface area contributed by atoms with Crippen molar-refractivity contribution in [2.24, 2.45) is 5.92 Å². The normalized spacial score (nSPS) is 17.2. The van der Waals surface area contributed by atoms with Crippen molar-refractivity contribution in [3.8, 4) is 0 Å². The standard InChI is InChI=1S/C16H32ClN/c1-15(2)11-14-18(16-9-5-6-10-16)13-8-4-3-7-12-17/h15-16H,3-14H2,1-2H3. The van der Waals surface area contributed by atoms with E-state index in [0.29, 0.717) is 0 Å². The topological polar surface area (TPSA) is 3.24 Å². The molecule has 0 atom stereocenters. The second-order valence-electron chi connectivity index (χ2n) is 6.26. The lowest BCUT2D eigenvalue weighted by molar-refractivity contribution is 0.184. The molecule has 0 aromatic heterocycles. The summed E-state index contributed by atoms with van der Waals surface area (Å²) in [5.41, 5.74) is 0. The Hall–Kier alpha value is 0.250. The van der Waals surface area contributed by atoms with Crippen molar-refractivity contribution in [2.75, 3.05) is 19.0 Å². The molecule has 2 heteroatoms. The van der Waals surface area contributed by atoms with Gasteiger partial charge in [0.2, 0.25) is 0 Å². The van der Waals surface area contributed by atoms with Crippen LogP contribution < -0.4 is 0 Å². The SMILES string of the molecule is CC(C)CCN(CCCCCCCl)C1CCCC1. The lowest BCUT2D eigenvalue weighted by Gasteiger charge is -2.29. The molecule has 0 radical (unpaired) electrons. The van der Waals surface area contributed by atoms with Crippen molar-refractivity contribution in [2.45, 2.75) is 77.7 Å². The number of alkyl halides is 1. The maximum Gasteiger partial charge on any atom is 0.0223 e. The highest BCUT2D eigenvalue weighted by Gasteiger charge is 2.21. The highest BCUT2D eigenvalue weighted by Crippen LogP contribution is 2.24. The fraction of sp³-hybridized carbons (Fsp3) is 1.00. The van der Waals surface area contributed by atoms with Crippen LogP contribution in [-0.4, -0.2) is 29.9 Å². The summed E-state index contributed by atoms with van der Waals surface area (Å²) < 4.78 is 0. The van der Waals surface area contributed by atoms with Gasteiger partial charge >= 0.3 is 0 Å². The summed E-state index contributed by atoms with van der Waals surface area (Å²) in [4.78, 5) is 2.79. The van der Waals surface area contributed by atoms with Gasteiger partial charge in [-0.25, -0.2) is 0 Å². The molecule has 108 valence electrons. The molecule has 0 heterocycles. The average molecular weight is 274 g/mol. The van der Waals surface area contributed by atoms with Crippen molar-refractivity contribution in [3.63, 3.8) is 0 Å². The second-order valence-corrected chi connectivity index (χ2v) is 6.64. The smallest absolute Gasteiger partial charge is 0.0223 e. The third kappa shape index (κ3) is 6.99. The number of unbranched alkanes of at least 4 members (excludes halogenated alkanes) is 3. The van der Waals surface area contributed by atoms with Crippen LogP contribution in [0.3, 0.4) is 0 Å². The summed E-state index contributed by atoms with van der Waals surface area (Å²) in [6, 6.07) is 0.900. The lowest BCUT2D eigenvalue weighted by atomic mass is 10.1. The number of halogens is 1. The molecule has 0 aliphatic heterocycles. The maximum absolute atomic E-state index is 5.72. The zero-order valence-electron chi connectivity index (χ0n) is 12.5. The van der Waals surface area contributed by atoms with E-state index in [2.05, 4.69) is 18.7 Å². The first-order valence-corrected chi connectivity index (χ1v) is 8.57. The van der Waals surface area contributed by atoms with E-state index in [1.54, 1.807) is 0 Å². The molecule has 0 amide bonds. The Balaban J connectivity index is 2.20. The van der Waals surface area contributed by atoms with E-state index in [9.17, 15) is 0 Å². The molecule has 0 aromatic rings. The van der Waals surface area contributed by atoms with Gasteiger partial charge in [0.05, 0.1) is 0 Å². The molecule has 1 rings (SSSR count). The summed E-state index contributed by atoms with van der Waals surface area (Å²) in [6.45, 7) is 7.32. The first-order valence-electron chi connectivity index (χ1n) is 8.04. The van der Waals surface area contributed by atoms with Gasteiger partial charge in [-0.15, -0.1) is 11.6 Å². The van der Waals surface area contributed by atoms with Crippen LogP contribution >= 0.6 is 11.6 Å². The maximum atomic E-state index is 5.72. The molecule has 1 aliphatic rings. The van der Waals surface area contributed by atoms with Crippen LogP contribution in [0.5, 0.6) is 0 Å². The minimum Gasteiger partial charge on any atom is -0.300 e. The fourth-order valence-electron chi connectivity index (χ4n) is 2.93. The van der Waals surface area contributed by atoms with Crippen LogP contribution in [0.25, 0.3) is 0 Å². The Labute approximate surface area is 119 Å². The van der Waals surface area contributed by atoms with Gasteiger partial charge in [-0.05, 0) is 51.1 Å².